The van der Waals surface area contributed by atoms with Gasteiger partial charge in [0.05, 0.1) is 10.9 Å². The Balaban J connectivity index is 2.55. The van der Waals surface area contributed by atoms with Crippen molar-refractivity contribution in [2.24, 2.45) is 0 Å². The van der Waals surface area contributed by atoms with Crippen molar-refractivity contribution in [1.29, 1.82) is 0 Å². The van der Waals surface area contributed by atoms with Gasteiger partial charge in [-0.1, -0.05) is 39.0 Å². The Morgan fingerprint density at radius 1 is 1.17 bits per heavy atom. The Labute approximate surface area is 137 Å². The van der Waals surface area contributed by atoms with Gasteiger partial charge in [-0.25, -0.2) is 4.79 Å². The molecule has 2 rings (SSSR count). The molecule has 0 aliphatic heterocycles. The van der Waals surface area contributed by atoms with Gasteiger partial charge in [0.1, 0.15) is 11.9 Å². The molecule has 0 amide bonds. The van der Waals surface area contributed by atoms with Crippen molar-refractivity contribution in [3.63, 3.8) is 0 Å². The highest BCUT2D eigenvalue weighted by atomic mass is 28.4. The van der Waals surface area contributed by atoms with Gasteiger partial charge in [-0.3, -0.25) is 4.79 Å². The maximum absolute atomic E-state index is 12.2. The van der Waals surface area contributed by atoms with Crippen LogP contribution in [0.2, 0.25) is 18.1 Å². The predicted molar refractivity (Wildman–Crippen MR) is 94.6 cm³/mol. The zero-order chi connectivity index (χ0) is 17.4. The van der Waals surface area contributed by atoms with Crippen LogP contribution in [0.4, 0.5) is 0 Å². The standard InChI is InChI=1S/C18H24O4Si/c1-12(22-23(5,6)18(2,3)4)16-15(11-19)13-9-7-8-10-14(13)17(20)21-16/h7-12H,1-6H3. The molecule has 0 radical (unpaired) electrons. The average molecular weight is 332 g/mol. The third kappa shape index (κ3) is 3.30. The third-order valence-corrected chi connectivity index (χ3v) is 9.23. The summed E-state index contributed by atoms with van der Waals surface area (Å²) in [6.45, 7) is 12.5. The molecule has 0 aliphatic carbocycles. The van der Waals surface area contributed by atoms with E-state index in [9.17, 15) is 9.59 Å². The molecule has 0 fully saturated rings. The van der Waals surface area contributed by atoms with E-state index in [4.69, 9.17) is 8.84 Å². The number of aldehydes is 1. The van der Waals surface area contributed by atoms with Crippen molar-refractivity contribution < 1.29 is 13.6 Å². The van der Waals surface area contributed by atoms with E-state index in [0.29, 0.717) is 22.1 Å². The molecular formula is C18H24O4Si. The quantitative estimate of drug-likeness (QED) is 0.602. The molecule has 0 bridgehead atoms. The number of hydrogen-bond acceptors (Lipinski definition) is 4. The zero-order valence-electron chi connectivity index (χ0n) is 14.6. The molecule has 23 heavy (non-hydrogen) atoms. The largest absolute Gasteiger partial charge is 0.424 e. The first kappa shape index (κ1) is 17.6. The van der Waals surface area contributed by atoms with Crippen LogP contribution >= 0.6 is 0 Å². The van der Waals surface area contributed by atoms with Gasteiger partial charge in [-0.15, -0.1) is 0 Å². The fourth-order valence-corrected chi connectivity index (χ4v) is 3.68. The van der Waals surface area contributed by atoms with Gasteiger partial charge in [0.25, 0.3) is 0 Å². The molecule has 0 saturated carbocycles. The number of carbonyl (C=O) groups is 1. The highest BCUT2D eigenvalue weighted by Crippen LogP contribution is 2.40. The van der Waals surface area contributed by atoms with Crippen LogP contribution in [0.3, 0.4) is 0 Å². The average Bonchev–Trinajstić information content (AvgIpc) is 2.45. The highest BCUT2D eigenvalue weighted by molar-refractivity contribution is 6.74. The Kier molecular flexibility index (Phi) is 4.64. The highest BCUT2D eigenvalue weighted by Gasteiger charge is 2.39. The molecule has 0 N–H and O–H groups in total. The lowest BCUT2D eigenvalue weighted by atomic mass is 10.0. The Hall–Kier alpha value is -1.72. The van der Waals surface area contributed by atoms with E-state index >= 15 is 0 Å². The maximum Gasteiger partial charge on any atom is 0.343 e. The van der Waals surface area contributed by atoms with Crippen LogP contribution in [0.1, 0.15) is 49.9 Å². The van der Waals surface area contributed by atoms with Crippen molar-refractivity contribution in [3.05, 3.63) is 46.0 Å². The normalized spacial score (nSPS) is 14.0. The number of carbonyl (C=O) groups excluding carboxylic acids is 1. The smallest absolute Gasteiger partial charge is 0.343 e. The van der Waals surface area contributed by atoms with Gasteiger partial charge in [0.15, 0.2) is 14.6 Å². The van der Waals surface area contributed by atoms with Crippen LogP contribution in [0.15, 0.2) is 33.5 Å². The summed E-state index contributed by atoms with van der Waals surface area (Å²) in [6.07, 6.45) is 0.292. The van der Waals surface area contributed by atoms with Gasteiger partial charge in [0, 0.05) is 5.39 Å². The summed E-state index contributed by atoms with van der Waals surface area (Å²) in [5.41, 5.74) is -0.0432. The van der Waals surface area contributed by atoms with Crippen LogP contribution in [0.25, 0.3) is 10.8 Å². The molecule has 0 spiro atoms. The Morgan fingerprint density at radius 2 is 1.74 bits per heavy atom. The van der Waals surface area contributed by atoms with Gasteiger partial charge in [-0.05, 0) is 31.1 Å². The minimum atomic E-state index is -2.05. The molecule has 1 aromatic heterocycles. The molecule has 2 aromatic rings. The number of hydrogen-bond donors (Lipinski definition) is 0. The molecule has 1 unspecified atom stereocenters. The van der Waals surface area contributed by atoms with Crippen LogP contribution in [0.5, 0.6) is 0 Å². The predicted octanol–water partition coefficient (Wildman–Crippen LogP) is 4.69. The van der Waals surface area contributed by atoms with E-state index in [1.807, 2.05) is 6.92 Å². The van der Waals surface area contributed by atoms with E-state index in [0.717, 1.165) is 6.29 Å². The van der Waals surface area contributed by atoms with Crippen molar-refractivity contribution in [2.75, 3.05) is 0 Å². The molecular weight excluding hydrogens is 308 g/mol. The van der Waals surface area contributed by atoms with Crippen molar-refractivity contribution in [1.82, 2.24) is 0 Å². The monoisotopic (exact) mass is 332 g/mol. The lowest BCUT2D eigenvalue weighted by molar-refractivity contribution is 0.111. The zero-order valence-corrected chi connectivity index (χ0v) is 15.6. The molecule has 1 atom stereocenters. The first-order chi connectivity index (χ1) is 10.6. The van der Waals surface area contributed by atoms with Gasteiger partial charge in [-0.2, -0.15) is 0 Å². The van der Waals surface area contributed by atoms with E-state index in [1.54, 1.807) is 24.3 Å². The molecule has 0 aliphatic rings. The van der Waals surface area contributed by atoms with Gasteiger partial charge < -0.3 is 8.84 Å². The maximum atomic E-state index is 12.2. The van der Waals surface area contributed by atoms with Gasteiger partial charge in [0.2, 0.25) is 0 Å². The summed E-state index contributed by atoms with van der Waals surface area (Å²) in [5, 5.41) is 1.05. The van der Waals surface area contributed by atoms with Crippen LogP contribution in [0, 0.1) is 0 Å². The second-order valence-electron chi connectivity index (χ2n) is 7.35. The molecule has 4 nitrogen and oxygen atoms in total. The van der Waals surface area contributed by atoms with E-state index in [2.05, 4.69) is 33.9 Å². The van der Waals surface area contributed by atoms with Gasteiger partial charge >= 0.3 is 5.63 Å². The lowest BCUT2D eigenvalue weighted by Gasteiger charge is -2.38. The topological polar surface area (TPSA) is 56.5 Å². The summed E-state index contributed by atoms with van der Waals surface area (Å²) >= 11 is 0. The van der Waals surface area contributed by atoms with Crippen LogP contribution in [-0.4, -0.2) is 14.6 Å². The first-order valence-corrected chi connectivity index (χ1v) is 10.7. The second-order valence-corrected chi connectivity index (χ2v) is 12.1. The van der Waals surface area contributed by atoms with Crippen LogP contribution < -0.4 is 5.63 Å². The number of fused-ring (bicyclic) bond motifs is 1. The Bertz CT molecular complexity index is 784. The van der Waals surface area contributed by atoms with E-state index in [-0.39, 0.29) is 5.04 Å². The summed E-state index contributed by atoms with van der Waals surface area (Å²) < 4.78 is 11.7. The molecule has 5 heteroatoms. The van der Waals surface area contributed by atoms with E-state index < -0.39 is 20.0 Å². The minimum Gasteiger partial charge on any atom is -0.424 e. The Morgan fingerprint density at radius 3 is 2.26 bits per heavy atom. The van der Waals surface area contributed by atoms with E-state index in [1.165, 1.54) is 0 Å². The fourth-order valence-electron chi connectivity index (χ4n) is 2.33. The van der Waals surface area contributed by atoms with Crippen molar-refractivity contribution in [2.45, 2.75) is 51.9 Å². The summed E-state index contributed by atoms with van der Waals surface area (Å²) in [4.78, 5) is 23.8. The summed E-state index contributed by atoms with van der Waals surface area (Å²) in [7, 11) is -2.05. The van der Waals surface area contributed by atoms with Crippen molar-refractivity contribution in [3.8, 4) is 0 Å². The molecule has 0 saturated heterocycles. The van der Waals surface area contributed by atoms with Crippen molar-refractivity contribution >= 4 is 25.4 Å². The SMILES string of the molecule is CC(O[Si](C)(C)C(C)(C)C)c1oc(=O)c2ccccc2c1C=O. The molecule has 124 valence electrons. The fraction of sp³-hybridized carbons (Fsp3) is 0.444. The lowest BCUT2D eigenvalue weighted by Crippen LogP contribution is -2.41. The summed E-state index contributed by atoms with van der Waals surface area (Å²) in [6, 6.07) is 6.98. The second kappa shape index (κ2) is 6.05. The summed E-state index contributed by atoms with van der Waals surface area (Å²) in [5.74, 6) is 0.313. The third-order valence-electron chi connectivity index (χ3n) is 4.67. The number of benzene rings is 1. The molecule has 1 heterocycles. The first-order valence-electron chi connectivity index (χ1n) is 7.77. The van der Waals surface area contributed by atoms with Crippen LogP contribution in [-0.2, 0) is 4.43 Å². The minimum absolute atomic E-state index is 0.0275. The number of rotatable bonds is 4. The molecule has 1 aromatic carbocycles.